The highest BCUT2D eigenvalue weighted by Crippen LogP contribution is 2.19. The Morgan fingerprint density at radius 2 is 2.23 bits per heavy atom. The normalized spacial score (nSPS) is 11.2. The van der Waals surface area contributed by atoms with Gasteiger partial charge in [0.25, 0.3) is 0 Å². The molecule has 0 spiro atoms. The molecule has 0 aliphatic rings. The minimum atomic E-state index is 0.345. The van der Waals surface area contributed by atoms with Crippen LogP contribution in [0.3, 0.4) is 0 Å². The van der Waals surface area contributed by atoms with Crippen LogP contribution in [0.5, 0.6) is 5.75 Å². The number of aryl methyl sites for hydroxylation is 1. The van der Waals surface area contributed by atoms with Crippen LogP contribution in [0.2, 0.25) is 0 Å². The Morgan fingerprint density at radius 1 is 1.36 bits per heavy atom. The molecule has 2 N–H and O–H groups in total. The summed E-state index contributed by atoms with van der Waals surface area (Å²) < 4.78 is 8.57. The van der Waals surface area contributed by atoms with Crippen LogP contribution in [0.4, 0.5) is 5.95 Å². The summed E-state index contributed by atoms with van der Waals surface area (Å²) in [6.45, 7) is 1.86. The number of ether oxygens (including phenoxy) is 1. The maximum absolute atomic E-state index is 5.79. The Kier molecular flexibility index (Phi) is 3.61. The molecule has 0 fully saturated rings. The number of hydrogen-bond acceptors (Lipinski definition) is 5. The number of aromatic nitrogens is 4. The Labute approximate surface area is 127 Å². The number of anilines is 1. The van der Waals surface area contributed by atoms with Gasteiger partial charge in [0.2, 0.25) is 5.95 Å². The summed E-state index contributed by atoms with van der Waals surface area (Å²) in [6.07, 6.45) is 7.06. The number of nitrogens with two attached hydrogens (primary N) is 1. The van der Waals surface area contributed by atoms with Crippen LogP contribution >= 0.6 is 0 Å². The molecule has 0 atom stereocenters. The van der Waals surface area contributed by atoms with Crippen molar-refractivity contribution in [2.75, 3.05) is 12.8 Å². The molecule has 0 bridgehead atoms. The first-order valence-electron chi connectivity index (χ1n) is 6.71. The van der Waals surface area contributed by atoms with Crippen LogP contribution in [0, 0.1) is 6.92 Å². The Balaban J connectivity index is 2.02. The number of nitrogen functional groups attached to an aromatic ring is 1. The molecule has 1 aromatic carbocycles. The van der Waals surface area contributed by atoms with Gasteiger partial charge in [-0.05, 0) is 31.2 Å². The van der Waals surface area contributed by atoms with Gasteiger partial charge in [0.05, 0.1) is 30.9 Å². The van der Waals surface area contributed by atoms with Crippen molar-refractivity contribution in [3.63, 3.8) is 0 Å². The van der Waals surface area contributed by atoms with Crippen LogP contribution in [-0.2, 0) is 0 Å². The zero-order chi connectivity index (χ0) is 15.5. The third kappa shape index (κ3) is 2.69. The highest BCUT2D eigenvalue weighted by atomic mass is 16.5. The average molecular weight is 296 g/mol. The standard InChI is InChI=1S/C15H16N6O/c1-11-10-21(15(16)19-11)18-9-12-8-13(22-2)4-5-14(12)20-7-3-6-17-20/h3-10H,1-2H3,(H2,16,19). The van der Waals surface area contributed by atoms with Gasteiger partial charge in [-0.2, -0.15) is 10.2 Å². The minimum Gasteiger partial charge on any atom is -0.497 e. The number of imidazole rings is 1. The van der Waals surface area contributed by atoms with Crippen molar-refractivity contribution in [2.24, 2.45) is 5.10 Å². The molecule has 0 unspecified atom stereocenters. The predicted octanol–water partition coefficient (Wildman–Crippen LogP) is 1.85. The molecule has 3 aromatic rings. The number of benzene rings is 1. The second kappa shape index (κ2) is 5.72. The van der Waals surface area contributed by atoms with Gasteiger partial charge in [-0.15, -0.1) is 0 Å². The zero-order valence-corrected chi connectivity index (χ0v) is 12.3. The van der Waals surface area contributed by atoms with Crippen LogP contribution in [-0.4, -0.2) is 32.8 Å². The van der Waals surface area contributed by atoms with Crippen molar-refractivity contribution >= 4 is 12.2 Å². The monoisotopic (exact) mass is 296 g/mol. The van der Waals surface area contributed by atoms with E-state index in [1.807, 2.05) is 37.4 Å². The summed E-state index contributed by atoms with van der Waals surface area (Å²) in [5.41, 5.74) is 8.35. The summed E-state index contributed by atoms with van der Waals surface area (Å²) in [6, 6.07) is 7.56. The predicted molar refractivity (Wildman–Crippen MR) is 84.5 cm³/mol. The molecule has 0 aliphatic heterocycles. The number of methoxy groups -OCH3 is 1. The molecular formula is C15H16N6O. The van der Waals surface area contributed by atoms with Crippen molar-refractivity contribution < 1.29 is 4.74 Å². The van der Waals surface area contributed by atoms with Crippen LogP contribution in [0.25, 0.3) is 5.69 Å². The molecule has 0 saturated carbocycles. The molecule has 22 heavy (non-hydrogen) atoms. The lowest BCUT2D eigenvalue weighted by Gasteiger charge is -2.08. The van der Waals surface area contributed by atoms with E-state index >= 15 is 0 Å². The van der Waals surface area contributed by atoms with E-state index in [1.54, 1.807) is 30.4 Å². The van der Waals surface area contributed by atoms with E-state index in [1.165, 1.54) is 4.68 Å². The second-order valence-electron chi connectivity index (χ2n) is 4.71. The van der Waals surface area contributed by atoms with E-state index in [2.05, 4.69) is 15.2 Å². The second-order valence-corrected chi connectivity index (χ2v) is 4.71. The van der Waals surface area contributed by atoms with E-state index in [0.29, 0.717) is 5.95 Å². The molecule has 0 aliphatic carbocycles. The molecule has 2 heterocycles. The summed E-state index contributed by atoms with van der Waals surface area (Å²) >= 11 is 0. The fourth-order valence-corrected chi connectivity index (χ4v) is 2.10. The zero-order valence-electron chi connectivity index (χ0n) is 12.3. The Hall–Kier alpha value is -3.09. The highest BCUT2D eigenvalue weighted by Gasteiger charge is 2.06. The van der Waals surface area contributed by atoms with Crippen LogP contribution < -0.4 is 10.5 Å². The molecule has 2 aromatic heterocycles. The number of rotatable bonds is 4. The van der Waals surface area contributed by atoms with E-state index in [-0.39, 0.29) is 0 Å². The van der Waals surface area contributed by atoms with E-state index < -0.39 is 0 Å². The average Bonchev–Trinajstić information content (AvgIpc) is 3.14. The smallest absolute Gasteiger partial charge is 0.221 e. The van der Waals surface area contributed by atoms with Crippen molar-refractivity contribution in [3.05, 3.63) is 54.1 Å². The summed E-state index contributed by atoms with van der Waals surface area (Å²) in [5, 5.41) is 8.60. The maximum atomic E-state index is 5.79. The summed E-state index contributed by atoms with van der Waals surface area (Å²) in [7, 11) is 1.63. The first kappa shape index (κ1) is 13.9. The van der Waals surface area contributed by atoms with E-state index in [0.717, 1.165) is 22.7 Å². The fourth-order valence-electron chi connectivity index (χ4n) is 2.10. The Morgan fingerprint density at radius 3 is 2.86 bits per heavy atom. The van der Waals surface area contributed by atoms with Crippen LogP contribution in [0.1, 0.15) is 11.3 Å². The SMILES string of the molecule is COc1ccc(-n2cccn2)c(C=Nn2cc(C)nc2N)c1. The molecule has 0 radical (unpaired) electrons. The van der Waals surface area contributed by atoms with Gasteiger partial charge in [0.15, 0.2) is 0 Å². The molecule has 0 amide bonds. The van der Waals surface area contributed by atoms with Crippen molar-refractivity contribution in [1.29, 1.82) is 0 Å². The quantitative estimate of drug-likeness (QED) is 0.745. The fraction of sp³-hybridized carbons (Fsp3) is 0.133. The minimum absolute atomic E-state index is 0.345. The topological polar surface area (TPSA) is 83.2 Å². The lowest BCUT2D eigenvalue weighted by molar-refractivity contribution is 0.414. The van der Waals surface area contributed by atoms with Gasteiger partial charge in [0, 0.05) is 18.0 Å². The van der Waals surface area contributed by atoms with Gasteiger partial charge >= 0.3 is 0 Å². The van der Waals surface area contributed by atoms with E-state index in [4.69, 9.17) is 10.5 Å². The van der Waals surface area contributed by atoms with Gasteiger partial charge < -0.3 is 10.5 Å². The lowest BCUT2D eigenvalue weighted by atomic mass is 10.2. The highest BCUT2D eigenvalue weighted by molar-refractivity contribution is 5.85. The first-order valence-corrected chi connectivity index (χ1v) is 6.71. The molecule has 7 heteroatoms. The molecule has 3 rings (SSSR count). The molecule has 7 nitrogen and oxygen atoms in total. The number of hydrogen-bond donors (Lipinski definition) is 1. The van der Waals surface area contributed by atoms with Crippen molar-refractivity contribution in [3.8, 4) is 11.4 Å². The van der Waals surface area contributed by atoms with Crippen molar-refractivity contribution in [2.45, 2.75) is 6.92 Å². The van der Waals surface area contributed by atoms with E-state index in [9.17, 15) is 0 Å². The van der Waals surface area contributed by atoms with Gasteiger partial charge in [-0.25, -0.2) is 14.3 Å². The number of nitrogens with zero attached hydrogens (tertiary/aromatic N) is 5. The third-order valence-electron chi connectivity index (χ3n) is 3.14. The van der Waals surface area contributed by atoms with Crippen molar-refractivity contribution in [1.82, 2.24) is 19.4 Å². The lowest BCUT2D eigenvalue weighted by Crippen LogP contribution is -2.02. The van der Waals surface area contributed by atoms with Gasteiger partial charge in [-0.1, -0.05) is 0 Å². The first-order chi connectivity index (χ1) is 10.7. The van der Waals surface area contributed by atoms with Crippen LogP contribution in [0.15, 0.2) is 48.0 Å². The summed E-state index contributed by atoms with van der Waals surface area (Å²) in [4.78, 5) is 4.11. The molecular weight excluding hydrogens is 280 g/mol. The van der Waals surface area contributed by atoms with Gasteiger partial charge in [0.1, 0.15) is 5.75 Å². The van der Waals surface area contributed by atoms with Gasteiger partial charge in [-0.3, -0.25) is 0 Å². The summed E-state index contributed by atoms with van der Waals surface area (Å²) in [5.74, 6) is 1.09. The Bertz CT molecular complexity index is 804. The third-order valence-corrected chi connectivity index (χ3v) is 3.14. The maximum Gasteiger partial charge on any atom is 0.221 e. The molecule has 112 valence electrons. The largest absolute Gasteiger partial charge is 0.497 e. The molecule has 0 saturated heterocycles.